The van der Waals surface area contributed by atoms with Gasteiger partial charge in [0.25, 0.3) is 11.5 Å². The van der Waals surface area contributed by atoms with Gasteiger partial charge < -0.3 is 19.5 Å². The highest BCUT2D eigenvalue weighted by atomic mass is 16.5. The van der Waals surface area contributed by atoms with Crippen molar-refractivity contribution in [3.8, 4) is 5.75 Å². The number of fused-ring (bicyclic) bond motifs is 3. The van der Waals surface area contributed by atoms with Crippen LogP contribution in [0.1, 0.15) is 22.6 Å². The first-order valence-corrected chi connectivity index (χ1v) is 10.8. The van der Waals surface area contributed by atoms with Crippen LogP contribution < -0.4 is 15.6 Å². The fraction of sp³-hybridized carbons (Fsp3) is 0.348. The molecule has 1 amide bonds. The number of hydrogen-bond donors (Lipinski definition) is 2. The minimum Gasteiger partial charge on any atom is -0.492 e. The second-order valence-electron chi connectivity index (χ2n) is 8.06. The zero-order valence-electron chi connectivity index (χ0n) is 19.0. The van der Waals surface area contributed by atoms with Gasteiger partial charge in [0.05, 0.1) is 17.1 Å². The van der Waals surface area contributed by atoms with E-state index in [1.165, 1.54) is 18.6 Å². The van der Waals surface area contributed by atoms with E-state index in [9.17, 15) is 9.59 Å². The Labute approximate surface area is 190 Å². The molecule has 0 aliphatic rings. The molecule has 0 spiro atoms. The number of aromatic amines is 1. The molecule has 0 atom stereocenters. The zero-order valence-corrected chi connectivity index (χ0v) is 19.0. The summed E-state index contributed by atoms with van der Waals surface area (Å²) in [6, 6.07) is 5.69. The first-order chi connectivity index (χ1) is 16.0. The monoisotopic (exact) mass is 449 g/mol. The number of nitrogens with one attached hydrogen (secondary N) is 2. The summed E-state index contributed by atoms with van der Waals surface area (Å²) in [5.74, 6) is 0.439. The molecule has 0 aliphatic heterocycles. The van der Waals surface area contributed by atoms with Gasteiger partial charge in [0.1, 0.15) is 23.6 Å². The van der Waals surface area contributed by atoms with Crippen LogP contribution >= 0.6 is 0 Å². The standard InChI is InChI=1S/C23H27N7O3/c1-15-20-21(28-27-15)17-13-16(33-12-11-29(2)3)5-6-19(17)30(23(20)32)10-4-7-26-22(31)18-14-24-8-9-25-18/h5-6,8-9,13-14H,4,7,10-12H2,1-3H3,(H,26,31)(H,27,28). The van der Waals surface area contributed by atoms with E-state index in [-0.39, 0.29) is 17.2 Å². The van der Waals surface area contributed by atoms with Crippen LogP contribution in [0.4, 0.5) is 0 Å². The number of carbonyl (C=O) groups is 1. The third-order valence-electron chi connectivity index (χ3n) is 5.37. The Kier molecular flexibility index (Phi) is 6.64. The van der Waals surface area contributed by atoms with Crippen LogP contribution in [-0.2, 0) is 6.54 Å². The number of aryl methyl sites for hydroxylation is 2. The Morgan fingerprint density at radius 3 is 2.88 bits per heavy atom. The van der Waals surface area contributed by atoms with Gasteiger partial charge in [-0.3, -0.25) is 19.7 Å². The number of ether oxygens (including phenoxy) is 1. The topological polar surface area (TPSA) is 118 Å². The molecule has 172 valence electrons. The molecule has 2 N–H and O–H groups in total. The Morgan fingerprint density at radius 1 is 1.27 bits per heavy atom. The number of pyridine rings is 1. The number of amides is 1. The lowest BCUT2D eigenvalue weighted by atomic mass is 10.1. The predicted octanol–water partition coefficient (Wildman–Crippen LogP) is 1.74. The molecule has 1 aromatic carbocycles. The average Bonchev–Trinajstić information content (AvgIpc) is 3.20. The summed E-state index contributed by atoms with van der Waals surface area (Å²) >= 11 is 0. The molecule has 0 saturated heterocycles. The lowest BCUT2D eigenvalue weighted by Crippen LogP contribution is -2.28. The normalized spacial score (nSPS) is 11.4. The Morgan fingerprint density at radius 2 is 2.12 bits per heavy atom. The molecule has 4 rings (SSSR count). The molecule has 0 saturated carbocycles. The number of benzene rings is 1. The van der Waals surface area contributed by atoms with Gasteiger partial charge in [-0.05, 0) is 45.6 Å². The summed E-state index contributed by atoms with van der Waals surface area (Å²) < 4.78 is 7.63. The van der Waals surface area contributed by atoms with E-state index >= 15 is 0 Å². The van der Waals surface area contributed by atoms with Gasteiger partial charge >= 0.3 is 0 Å². The second kappa shape index (κ2) is 9.78. The minimum atomic E-state index is -0.291. The molecular formula is C23H27N7O3. The van der Waals surface area contributed by atoms with Gasteiger partial charge in [-0.1, -0.05) is 0 Å². The van der Waals surface area contributed by atoms with Crippen molar-refractivity contribution >= 4 is 27.7 Å². The lowest BCUT2D eigenvalue weighted by Gasteiger charge is -2.14. The maximum atomic E-state index is 13.3. The van der Waals surface area contributed by atoms with Crippen molar-refractivity contribution in [3.05, 3.63) is 58.5 Å². The zero-order chi connectivity index (χ0) is 23.4. The summed E-state index contributed by atoms with van der Waals surface area (Å²) in [6.07, 6.45) is 4.98. The Bertz CT molecular complexity index is 1330. The number of nitrogens with zero attached hydrogens (tertiary/aromatic N) is 5. The number of hydrogen-bond acceptors (Lipinski definition) is 7. The highest BCUT2D eigenvalue weighted by molar-refractivity contribution is 6.04. The number of likely N-dealkylation sites (N-methyl/N-ethyl adjacent to an activating group) is 1. The highest BCUT2D eigenvalue weighted by Crippen LogP contribution is 2.27. The molecule has 0 bridgehead atoms. The summed E-state index contributed by atoms with van der Waals surface area (Å²) in [7, 11) is 3.99. The van der Waals surface area contributed by atoms with Gasteiger partial charge in [-0.15, -0.1) is 0 Å². The number of carbonyl (C=O) groups excluding carboxylic acids is 1. The van der Waals surface area contributed by atoms with Crippen LogP contribution in [0.2, 0.25) is 0 Å². The number of rotatable bonds is 9. The smallest absolute Gasteiger partial charge is 0.271 e. The van der Waals surface area contributed by atoms with Gasteiger partial charge in [0.2, 0.25) is 0 Å². The van der Waals surface area contributed by atoms with E-state index in [0.29, 0.717) is 37.0 Å². The molecule has 3 heterocycles. The average molecular weight is 450 g/mol. The first-order valence-electron chi connectivity index (χ1n) is 10.8. The van der Waals surface area contributed by atoms with Crippen molar-refractivity contribution in [2.24, 2.45) is 0 Å². The molecule has 33 heavy (non-hydrogen) atoms. The molecule has 4 aromatic rings. The maximum Gasteiger partial charge on any atom is 0.271 e. The van der Waals surface area contributed by atoms with Crippen LogP contribution in [0.15, 0.2) is 41.6 Å². The predicted molar refractivity (Wildman–Crippen MR) is 126 cm³/mol. The fourth-order valence-corrected chi connectivity index (χ4v) is 3.67. The Hall–Kier alpha value is -3.79. The van der Waals surface area contributed by atoms with Crippen molar-refractivity contribution < 1.29 is 9.53 Å². The third-order valence-corrected chi connectivity index (χ3v) is 5.37. The Balaban J connectivity index is 1.57. The molecule has 3 aromatic heterocycles. The van der Waals surface area contributed by atoms with Crippen molar-refractivity contribution in [2.75, 3.05) is 33.8 Å². The van der Waals surface area contributed by atoms with Crippen LogP contribution in [-0.4, -0.2) is 69.3 Å². The molecule has 0 aliphatic carbocycles. The summed E-state index contributed by atoms with van der Waals surface area (Å²) in [5.41, 5.74) is 2.29. The molecule has 0 fully saturated rings. The SMILES string of the molecule is Cc1[nH]nc2c1c(=O)n(CCCNC(=O)c1cnccn1)c1ccc(OCCN(C)C)cc21. The lowest BCUT2D eigenvalue weighted by molar-refractivity contribution is 0.0947. The number of aromatic nitrogens is 5. The van der Waals surface area contributed by atoms with Crippen molar-refractivity contribution in [1.82, 2.24) is 34.9 Å². The van der Waals surface area contributed by atoms with E-state index in [4.69, 9.17) is 4.74 Å². The number of H-pyrrole nitrogens is 1. The summed E-state index contributed by atoms with van der Waals surface area (Å²) in [6.45, 7) is 4.04. The van der Waals surface area contributed by atoms with E-state index in [1.807, 2.05) is 39.2 Å². The van der Waals surface area contributed by atoms with Crippen LogP contribution in [0.25, 0.3) is 21.8 Å². The summed E-state index contributed by atoms with van der Waals surface area (Å²) in [5, 5.41) is 11.5. The van der Waals surface area contributed by atoms with Crippen LogP contribution in [0.5, 0.6) is 5.75 Å². The minimum absolute atomic E-state index is 0.106. The van der Waals surface area contributed by atoms with E-state index in [1.54, 1.807) is 4.57 Å². The van der Waals surface area contributed by atoms with Crippen LogP contribution in [0.3, 0.4) is 0 Å². The van der Waals surface area contributed by atoms with Crippen LogP contribution in [0, 0.1) is 6.92 Å². The van der Waals surface area contributed by atoms with Crippen molar-refractivity contribution in [1.29, 1.82) is 0 Å². The van der Waals surface area contributed by atoms with Gasteiger partial charge in [0.15, 0.2) is 0 Å². The quantitative estimate of drug-likeness (QED) is 0.374. The van der Waals surface area contributed by atoms with E-state index in [2.05, 4.69) is 30.4 Å². The highest BCUT2D eigenvalue weighted by Gasteiger charge is 2.16. The van der Waals surface area contributed by atoms with Gasteiger partial charge in [-0.25, -0.2) is 4.98 Å². The molecular weight excluding hydrogens is 422 g/mol. The molecule has 0 unspecified atom stereocenters. The summed E-state index contributed by atoms with van der Waals surface area (Å²) in [4.78, 5) is 35.4. The fourth-order valence-electron chi connectivity index (χ4n) is 3.67. The van der Waals surface area contributed by atoms with Crippen molar-refractivity contribution in [3.63, 3.8) is 0 Å². The molecule has 10 nitrogen and oxygen atoms in total. The molecule has 0 radical (unpaired) electrons. The maximum absolute atomic E-state index is 13.3. The molecule has 10 heteroatoms. The van der Waals surface area contributed by atoms with Gasteiger partial charge in [0, 0.05) is 43.1 Å². The third kappa shape index (κ3) is 4.85. The van der Waals surface area contributed by atoms with E-state index in [0.717, 1.165) is 28.9 Å². The van der Waals surface area contributed by atoms with Gasteiger partial charge in [-0.2, -0.15) is 5.10 Å². The van der Waals surface area contributed by atoms with E-state index < -0.39 is 0 Å². The largest absolute Gasteiger partial charge is 0.492 e. The second-order valence-corrected chi connectivity index (χ2v) is 8.06. The first kappa shape index (κ1) is 22.4. The van der Waals surface area contributed by atoms with Crippen molar-refractivity contribution in [2.45, 2.75) is 19.9 Å².